The molecule has 0 bridgehead atoms. The van der Waals surface area contributed by atoms with E-state index in [1.54, 1.807) is 20.4 Å². The lowest BCUT2D eigenvalue weighted by Gasteiger charge is -2.26. The summed E-state index contributed by atoms with van der Waals surface area (Å²) < 4.78 is 13.0. The molecule has 2 aliphatic rings. The van der Waals surface area contributed by atoms with Gasteiger partial charge < -0.3 is 24.3 Å². The molecule has 0 amide bonds. The average Bonchev–Trinajstić information content (AvgIpc) is 3.32. The second-order valence-electron chi connectivity index (χ2n) is 8.05. The van der Waals surface area contributed by atoms with Gasteiger partial charge >= 0.3 is 0 Å². The predicted octanol–water partition coefficient (Wildman–Crippen LogP) is 3.31. The van der Waals surface area contributed by atoms with E-state index in [0.29, 0.717) is 12.4 Å². The number of hydrogen-bond acceptors (Lipinski definition) is 7. The Bertz CT molecular complexity index is 1130. The summed E-state index contributed by atoms with van der Waals surface area (Å²) >= 11 is 0. The van der Waals surface area contributed by atoms with Gasteiger partial charge in [-0.25, -0.2) is 4.99 Å². The molecule has 0 unspecified atom stereocenters. The third-order valence-corrected chi connectivity index (χ3v) is 5.93. The summed E-state index contributed by atoms with van der Waals surface area (Å²) in [5.41, 5.74) is 7.27. The Balaban J connectivity index is 1.51. The topological polar surface area (TPSA) is 91.5 Å². The maximum Gasteiger partial charge on any atom is 0.164 e. The second-order valence-corrected chi connectivity index (χ2v) is 8.05. The Morgan fingerprint density at radius 1 is 1.09 bits per heavy atom. The summed E-state index contributed by atoms with van der Waals surface area (Å²) in [7, 11) is 1.64. The van der Waals surface area contributed by atoms with Crippen LogP contribution >= 0.6 is 0 Å². The van der Waals surface area contributed by atoms with Gasteiger partial charge in [0.25, 0.3) is 0 Å². The molecule has 166 valence electrons. The highest BCUT2D eigenvalue weighted by Gasteiger charge is 2.42. The highest BCUT2D eigenvalue weighted by atomic mass is 16.6. The van der Waals surface area contributed by atoms with Crippen LogP contribution in [0.3, 0.4) is 0 Å². The number of methoxy groups -OCH3 is 1. The summed E-state index contributed by atoms with van der Waals surface area (Å²) in [6, 6.07) is 17.7. The Labute approximate surface area is 186 Å². The van der Waals surface area contributed by atoms with E-state index in [1.807, 2.05) is 70.4 Å². The summed E-state index contributed by atoms with van der Waals surface area (Å²) in [6.07, 6.45) is 0.512. The second kappa shape index (κ2) is 8.31. The number of ether oxygens (including phenoxy) is 2. The molecule has 5 rings (SSSR count). The van der Waals surface area contributed by atoms with Crippen molar-refractivity contribution in [2.24, 2.45) is 4.99 Å². The number of hydrazine groups is 1. The molecule has 32 heavy (non-hydrogen) atoms. The number of benzene rings is 2. The minimum absolute atomic E-state index is 0.466. The van der Waals surface area contributed by atoms with E-state index in [-0.39, 0.29) is 0 Å². The number of fused-ring (bicyclic) bond motifs is 1. The smallest absolute Gasteiger partial charge is 0.164 e. The van der Waals surface area contributed by atoms with Gasteiger partial charge in [-0.3, -0.25) is 10.4 Å². The first-order valence-electron chi connectivity index (χ1n) is 10.6. The van der Waals surface area contributed by atoms with Crippen molar-refractivity contribution >= 4 is 17.8 Å². The molecular formula is C24H26N4O4. The van der Waals surface area contributed by atoms with E-state index >= 15 is 0 Å². The van der Waals surface area contributed by atoms with Gasteiger partial charge in [0.1, 0.15) is 30.1 Å². The lowest BCUT2D eigenvalue weighted by molar-refractivity contribution is -0.0308. The van der Waals surface area contributed by atoms with Crippen LogP contribution in [0.25, 0.3) is 11.1 Å². The van der Waals surface area contributed by atoms with Crippen molar-refractivity contribution in [3.05, 3.63) is 66.4 Å². The minimum atomic E-state index is -1.03. The first kappa shape index (κ1) is 20.6. The molecule has 3 aromatic rings. The summed E-state index contributed by atoms with van der Waals surface area (Å²) in [4.78, 5) is 4.69. The van der Waals surface area contributed by atoms with E-state index in [4.69, 9.17) is 9.47 Å². The van der Waals surface area contributed by atoms with E-state index < -0.39 is 24.5 Å². The molecule has 3 heterocycles. The SMILES string of the molecule is COc1cccc(NN2C=Nc3c(c(-c4ccccc4)cn3[C@@H]3O[C@H](C)[C@@H](O)[C@H]3O)C2)c1. The molecule has 1 saturated heterocycles. The number of aromatic nitrogens is 1. The quantitative estimate of drug-likeness (QED) is 0.571. The number of rotatable bonds is 5. The zero-order chi connectivity index (χ0) is 22.2. The molecule has 0 spiro atoms. The summed E-state index contributed by atoms with van der Waals surface area (Å²) in [5, 5.41) is 22.7. The number of anilines is 1. The fourth-order valence-electron chi connectivity index (χ4n) is 4.24. The molecule has 8 nitrogen and oxygen atoms in total. The van der Waals surface area contributed by atoms with E-state index in [2.05, 4.69) is 10.4 Å². The molecule has 1 fully saturated rings. The lowest BCUT2D eigenvalue weighted by atomic mass is 10.0. The maximum atomic E-state index is 10.6. The van der Waals surface area contributed by atoms with Crippen molar-refractivity contribution in [3.8, 4) is 16.9 Å². The molecule has 1 aromatic heterocycles. The number of aliphatic hydroxyl groups excluding tert-OH is 2. The van der Waals surface area contributed by atoms with Gasteiger partial charge in [0.05, 0.1) is 25.4 Å². The molecule has 4 atom stereocenters. The van der Waals surface area contributed by atoms with Crippen molar-refractivity contribution < 1.29 is 19.7 Å². The predicted molar refractivity (Wildman–Crippen MR) is 122 cm³/mol. The van der Waals surface area contributed by atoms with Crippen molar-refractivity contribution in [1.82, 2.24) is 9.58 Å². The molecule has 0 radical (unpaired) electrons. The van der Waals surface area contributed by atoms with Crippen LogP contribution in [0.5, 0.6) is 5.75 Å². The monoisotopic (exact) mass is 434 g/mol. The number of aliphatic imine (C=N–C) groups is 1. The lowest BCUT2D eigenvalue weighted by Crippen LogP contribution is -2.31. The largest absolute Gasteiger partial charge is 0.497 e. The molecular weight excluding hydrogens is 408 g/mol. The zero-order valence-electron chi connectivity index (χ0n) is 17.9. The van der Waals surface area contributed by atoms with Gasteiger partial charge in [-0.2, -0.15) is 0 Å². The normalized spacial score (nSPS) is 24.4. The Morgan fingerprint density at radius 3 is 2.62 bits per heavy atom. The van der Waals surface area contributed by atoms with Crippen molar-refractivity contribution in [1.29, 1.82) is 0 Å². The van der Waals surface area contributed by atoms with E-state index in [1.165, 1.54) is 0 Å². The molecule has 8 heteroatoms. The van der Waals surface area contributed by atoms with Crippen LogP contribution in [0.4, 0.5) is 11.5 Å². The van der Waals surface area contributed by atoms with Gasteiger partial charge in [0.2, 0.25) is 0 Å². The zero-order valence-corrected chi connectivity index (χ0v) is 17.9. The molecule has 0 saturated carbocycles. The average molecular weight is 434 g/mol. The third kappa shape index (κ3) is 3.62. The Hall–Kier alpha value is -3.33. The highest BCUT2D eigenvalue weighted by molar-refractivity contribution is 5.77. The molecule has 3 N–H and O–H groups in total. The maximum absolute atomic E-state index is 10.6. The van der Waals surface area contributed by atoms with Crippen LogP contribution in [-0.4, -0.2) is 51.5 Å². The van der Waals surface area contributed by atoms with Crippen LogP contribution in [0.1, 0.15) is 18.7 Å². The number of hydrogen-bond donors (Lipinski definition) is 3. The van der Waals surface area contributed by atoms with E-state index in [9.17, 15) is 10.2 Å². The van der Waals surface area contributed by atoms with Gasteiger partial charge in [0.15, 0.2) is 6.23 Å². The first-order valence-corrected chi connectivity index (χ1v) is 10.6. The van der Waals surface area contributed by atoms with Crippen LogP contribution in [0, 0.1) is 0 Å². The Morgan fingerprint density at radius 2 is 1.91 bits per heavy atom. The van der Waals surface area contributed by atoms with Crippen molar-refractivity contribution in [3.63, 3.8) is 0 Å². The van der Waals surface area contributed by atoms with Crippen LogP contribution in [0.15, 0.2) is 65.8 Å². The van der Waals surface area contributed by atoms with Gasteiger partial charge in [-0.05, 0) is 24.6 Å². The molecule has 2 aromatic carbocycles. The molecule has 0 aliphatic carbocycles. The van der Waals surface area contributed by atoms with Gasteiger partial charge in [-0.1, -0.05) is 36.4 Å². The van der Waals surface area contributed by atoms with Crippen molar-refractivity contribution in [2.45, 2.75) is 38.0 Å². The first-order chi connectivity index (χ1) is 15.5. The number of nitrogens with zero attached hydrogens (tertiary/aromatic N) is 3. The van der Waals surface area contributed by atoms with Crippen LogP contribution < -0.4 is 10.2 Å². The fourth-order valence-corrected chi connectivity index (χ4v) is 4.24. The van der Waals surface area contributed by atoms with Crippen molar-refractivity contribution in [2.75, 3.05) is 12.5 Å². The van der Waals surface area contributed by atoms with Crippen LogP contribution in [-0.2, 0) is 11.3 Å². The fraction of sp³-hybridized carbons (Fsp3) is 0.292. The standard InChI is InChI=1S/C24H26N4O4/c1-15-21(29)22(30)24(32-15)28-13-19(16-7-4-3-5-8-16)20-12-27(14-25-23(20)28)26-17-9-6-10-18(11-17)31-2/h3-11,13-15,21-22,24,26,29-30H,12H2,1-2H3/t15-,21-,22-,24-/m1/s1. The van der Waals surface area contributed by atoms with E-state index in [0.717, 1.165) is 28.1 Å². The molecule has 2 aliphatic heterocycles. The minimum Gasteiger partial charge on any atom is -0.497 e. The highest BCUT2D eigenvalue weighted by Crippen LogP contribution is 2.41. The van der Waals surface area contributed by atoms with Gasteiger partial charge in [0, 0.05) is 23.4 Å². The van der Waals surface area contributed by atoms with Gasteiger partial charge in [-0.15, -0.1) is 0 Å². The number of nitrogens with one attached hydrogen (secondary N) is 1. The van der Waals surface area contributed by atoms with Crippen LogP contribution in [0.2, 0.25) is 0 Å². The third-order valence-electron chi connectivity index (χ3n) is 5.93. The number of aliphatic hydroxyl groups is 2. The summed E-state index contributed by atoms with van der Waals surface area (Å²) in [5.74, 6) is 1.47. The summed E-state index contributed by atoms with van der Waals surface area (Å²) in [6.45, 7) is 2.30. The Kier molecular flexibility index (Phi) is 5.34.